The predicted octanol–water partition coefficient (Wildman–Crippen LogP) is 6.02. The predicted molar refractivity (Wildman–Crippen MR) is 176 cm³/mol. The van der Waals surface area contributed by atoms with E-state index in [-0.39, 0.29) is 17.3 Å². The number of amides is 3. The topological polar surface area (TPSA) is 148 Å². The van der Waals surface area contributed by atoms with E-state index >= 15 is 0 Å². The van der Waals surface area contributed by atoms with Crippen molar-refractivity contribution in [1.82, 2.24) is 26.1 Å². The van der Waals surface area contributed by atoms with Gasteiger partial charge in [0.25, 0.3) is 11.8 Å². The van der Waals surface area contributed by atoms with E-state index < -0.39 is 17.6 Å². The molecule has 232 valence electrons. The minimum absolute atomic E-state index is 0.163. The van der Waals surface area contributed by atoms with Crippen molar-refractivity contribution in [2.75, 3.05) is 12.3 Å². The van der Waals surface area contributed by atoms with Crippen LogP contribution in [0.3, 0.4) is 0 Å². The Hall–Kier alpha value is -5.14. The van der Waals surface area contributed by atoms with Crippen LogP contribution in [0.1, 0.15) is 78.8 Å². The van der Waals surface area contributed by atoms with Crippen LogP contribution >= 0.6 is 11.6 Å². The number of pyridine rings is 2. The number of unbranched alkanes of at least 4 members (excludes halogenated alkanes) is 2. The molecule has 45 heavy (non-hydrogen) atoms. The van der Waals surface area contributed by atoms with Crippen molar-refractivity contribution in [3.63, 3.8) is 0 Å². The van der Waals surface area contributed by atoms with Crippen LogP contribution in [0.2, 0.25) is 5.02 Å². The first-order valence-corrected chi connectivity index (χ1v) is 14.9. The average Bonchev–Trinajstić information content (AvgIpc) is 3.00. The largest absolute Gasteiger partial charge is 0.443 e. The first-order chi connectivity index (χ1) is 21.4. The molecule has 3 amide bonds. The van der Waals surface area contributed by atoms with E-state index in [1.54, 1.807) is 51.1 Å². The van der Waals surface area contributed by atoms with Crippen molar-refractivity contribution in [2.24, 2.45) is 0 Å². The number of carbonyl (C=O) groups is 3. The molecule has 2 aromatic heterocycles. The highest BCUT2D eigenvalue weighted by molar-refractivity contribution is 6.32. The molecule has 2 aromatic carbocycles. The number of hydrogen-bond acceptors (Lipinski definition) is 7. The van der Waals surface area contributed by atoms with E-state index in [9.17, 15) is 14.4 Å². The quantitative estimate of drug-likeness (QED) is 0.111. The first kappa shape index (κ1) is 32.8. The number of carbonyl (C=O) groups excluding carboxylic acids is 3. The minimum atomic E-state index is -0.797. The highest BCUT2D eigenvalue weighted by Gasteiger charge is 2.19. The summed E-state index contributed by atoms with van der Waals surface area (Å²) >= 11 is 6.43. The number of halogens is 1. The molecule has 0 spiro atoms. The van der Waals surface area contributed by atoms with Crippen LogP contribution in [0, 0.1) is 11.8 Å². The first-order valence-electron chi connectivity index (χ1n) is 14.5. The molecule has 0 aliphatic carbocycles. The summed E-state index contributed by atoms with van der Waals surface area (Å²) in [5.74, 6) is 5.65. The summed E-state index contributed by atoms with van der Waals surface area (Å²) in [5, 5.41) is 3.75. The molecular formula is C34H35ClN6O4. The Morgan fingerprint density at radius 1 is 0.956 bits per heavy atom. The Kier molecular flexibility index (Phi) is 10.6. The number of ether oxygens (including phenoxy) is 1. The average molecular weight is 627 g/mol. The molecule has 0 saturated carbocycles. The molecule has 0 unspecified atom stereocenters. The molecule has 0 aliphatic heterocycles. The molecule has 5 N–H and O–H groups in total. The fraction of sp³-hybridized carbons (Fsp3) is 0.265. The fourth-order valence-corrected chi connectivity index (χ4v) is 4.48. The lowest BCUT2D eigenvalue weighted by Gasteiger charge is -2.20. The van der Waals surface area contributed by atoms with E-state index in [0.717, 1.165) is 30.4 Å². The maximum Gasteiger partial charge on any atom is 0.426 e. The Labute approximate surface area is 267 Å². The Morgan fingerprint density at radius 2 is 1.71 bits per heavy atom. The highest BCUT2D eigenvalue weighted by atomic mass is 35.5. The van der Waals surface area contributed by atoms with Gasteiger partial charge in [0.1, 0.15) is 11.4 Å². The zero-order chi connectivity index (χ0) is 32.6. The lowest BCUT2D eigenvalue weighted by atomic mass is 10.0. The number of nitrogens with two attached hydrogens (primary N) is 1. The zero-order valence-corrected chi connectivity index (χ0v) is 26.3. The third-order valence-corrected chi connectivity index (χ3v) is 6.77. The van der Waals surface area contributed by atoms with Crippen LogP contribution < -0.4 is 21.9 Å². The monoisotopic (exact) mass is 626 g/mol. The van der Waals surface area contributed by atoms with Gasteiger partial charge in [0, 0.05) is 46.4 Å². The number of hydrazine groups is 1. The molecular weight excluding hydrogens is 592 g/mol. The molecule has 0 atom stereocenters. The van der Waals surface area contributed by atoms with Gasteiger partial charge in [-0.3, -0.25) is 15.0 Å². The summed E-state index contributed by atoms with van der Waals surface area (Å²) in [6, 6.07) is 15.5. The van der Waals surface area contributed by atoms with Gasteiger partial charge in [-0.25, -0.2) is 20.2 Å². The third kappa shape index (κ3) is 9.17. The number of nitrogen functional groups attached to an aromatic ring is 1. The van der Waals surface area contributed by atoms with Crippen LogP contribution in [0.5, 0.6) is 0 Å². The summed E-state index contributed by atoms with van der Waals surface area (Å²) in [7, 11) is 0. The van der Waals surface area contributed by atoms with Gasteiger partial charge in [-0.05, 0) is 63.6 Å². The van der Waals surface area contributed by atoms with Gasteiger partial charge in [-0.15, -0.1) is 0 Å². The number of nitrogens with zero attached hydrogens (tertiary/aromatic N) is 2. The number of rotatable bonds is 7. The molecule has 4 aromatic rings. The van der Waals surface area contributed by atoms with Crippen molar-refractivity contribution < 1.29 is 19.1 Å². The fourth-order valence-electron chi connectivity index (χ4n) is 4.25. The summed E-state index contributed by atoms with van der Waals surface area (Å²) in [4.78, 5) is 46.3. The second kappa shape index (κ2) is 14.6. The maximum atomic E-state index is 13.1. The van der Waals surface area contributed by atoms with Gasteiger partial charge in [-0.2, -0.15) is 0 Å². The van der Waals surface area contributed by atoms with Gasteiger partial charge in [-0.1, -0.05) is 55.3 Å². The maximum absolute atomic E-state index is 13.1. The third-order valence-electron chi connectivity index (χ3n) is 6.46. The summed E-state index contributed by atoms with van der Waals surface area (Å²) in [6.45, 7) is 7.89. The molecule has 0 radical (unpaired) electrons. The second-order valence-electron chi connectivity index (χ2n) is 11.2. The minimum Gasteiger partial charge on any atom is -0.443 e. The van der Waals surface area contributed by atoms with Gasteiger partial charge in [0.15, 0.2) is 0 Å². The van der Waals surface area contributed by atoms with Crippen molar-refractivity contribution in [3.8, 4) is 23.1 Å². The van der Waals surface area contributed by atoms with Crippen LogP contribution in [0.15, 0.2) is 60.8 Å². The molecule has 0 fully saturated rings. The normalized spacial score (nSPS) is 10.9. The lowest BCUT2D eigenvalue weighted by molar-refractivity contribution is 0.0483. The number of hydrogen-bond donors (Lipinski definition) is 4. The smallest absolute Gasteiger partial charge is 0.426 e. The lowest BCUT2D eigenvalue weighted by Crippen LogP contribution is -2.44. The van der Waals surface area contributed by atoms with E-state index in [1.165, 1.54) is 6.20 Å². The summed E-state index contributed by atoms with van der Waals surface area (Å²) in [6.07, 6.45) is 3.75. The van der Waals surface area contributed by atoms with Crippen LogP contribution in [0.4, 0.5) is 10.6 Å². The van der Waals surface area contributed by atoms with E-state index in [0.29, 0.717) is 39.3 Å². The molecule has 10 nitrogen and oxygen atoms in total. The molecule has 0 aliphatic rings. The number of nitrogens with one attached hydrogen (secondary N) is 3. The Morgan fingerprint density at radius 3 is 2.40 bits per heavy atom. The highest BCUT2D eigenvalue weighted by Crippen LogP contribution is 2.26. The van der Waals surface area contributed by atoms with Gasteiger partial charge in [0.05, 0.1) is 21.8 Å². The molecule has 0 saturated heterocycles. The molecule has 2 heterocycles. The van der Waals surface area contributed by atoms with E-state index in [1.807, 2.05) is 24.3 Å². The van der Waals surface area contributed by atoms with Gasteiger partial charge < -0.3 is 15.8 Å². The number of fused-ring (bicyclic) bond motifs is 1. The number of aromatic nitrogens is 2. The number of benzene rings is 2. The molecule has 0 bridgehead atoms. The van der Waals surface area contributed by atoms with E-state index in [2.05, 4.69) is 44.9 Å². The second-order valence-corrected chi connectivity index (χ2v) is 11.7. The van der Waals surface area contributed by atoms with Crippen LogP contribution in [-0.4, -0.2) is 40.0 Å². The SMILES string of the molecule is CCCCCNC(=O)c1ccc(C#Cc2ccc(-c3cc(C(=O)NNC(=O)OC(C)(C)C)c4cnc(N)cc4n3)cc2)c(Cl)c1. The van der Waals surface area contributed by atoms with Crippen LogP contribution in [-0.2, 0) is 4.74 Å². The molecule has 11 heteroatoms. The van der Waals surface area contributed by atoms with Crippen molar-refractivity contribution >= 4 is 46.2 Å². The Balaban J connectivity index is 1.52. The zero-order valence-electron chi connectivity index (χ0n) is 25.6. The van der Waals surface area contributed by atoms with Gasteiger partial charge in [0.2, 0.25) is 0 Å². The molecule has 4 rings (SSSR count). The van der Waals surface area contributed by atoms with Gasteiger partial charge >= 0.3 is 6.09 Å². The number of anilines is 1. The van der Waals surface area contributed by atoms with Crippen molar-refractivity contribution in [1.29, 1.82) is 0 Å². The van der Waals surface area contributed by atoms with Crippen molar-refractivity contribution in [2.45, 2.75) is 52.6 Å². The Bertz CT molecular complexity index is 1790. The van der Waals surface area contributed by atoms with Crippen LogP contribution in [0.25, 0.3) is 22.2 Å². The van der Waals surface area contributed by atoms with E-state index in [4.69, 9.17) is 22.1 Å². The standard InChI is InChI=1S/C34H35ClN6O4/c1-5-6-7-16-37-31(42)24-15-14-22(27(35)17-24)11-8-21-9-12-23(13-10-21)28-18-25(26-20-38-30(36)19-29(26)39-28)32(43)40-41-33(44)45-34(2,3)4/h9-10,12-15,17-20H,5-7,16H2,1-4H3,(H2,36,38)(H,37,42)(H,40,43)(H,41,44). The van der Waals surface area contributed by atoms with Crippen molar-refractivity contribution in [3.05, 3.63) is 88.1 Å². The summed E-state index contributed by atoms with van der Waals surface area (Å²) in [5.41, 5.74) is 13.5. The summed E-state index contributed by atoms with van der Waals surface area (Å²) < 4.78 is 5.18.